The van der Waals surface area contributed by atoms with Gasteiger partial charge in [-0.2, -0.15) is 0 Å². The molecule has 0 saturated carbocycles. The van der Waals surface area contributed by atoms with Crippen LogP contribution in [0.3, 0.4) is 0 Å². The molecule has 0 rings (SSSR count). The first kappa shape index (κ1) is 13.7. The van der Waals surface area contributed by atoms with E-state index >= 15 is 0 Å². The van der Waals surface area contributed by atoms with E-state index in [0.717, 1.165) is 6.54 Å². The van der Waals surface area contributed by atoms with E-state index in [2.05, 4.69) is 32.7 Å². The third kappa shape index (κ3) is 4.80. The van der Waals surface area contributed by atoms with Crippen molar-refractivity contribution < 1.29 is 0 Å². The van der Waals surface area contributed by atoms with Crippen LogP contribution in [0.1, 0.15) is 59.3 Å². The van der Waals surface area contributed by atoms with E-state index < -0.39 is 0 Å². The maximum Gasteiger partial charge on any atom is 0.0184 e. The van der Waals surface area contributed by atoms with E-state index in [1.807, 2.05) is 6.08 Å². The Morgan fingerprint density at radius 1 is 1.00 bits per heavy atom. The Morgan fingerprint density at radius 3 is 1.71 bits per heavy atom. The molecule has 1 N–H and O–H groups in total. The molecule has 0 aliphatic carbocycles. The summed E-state index contributed by atoms with van der Waals surface area (Å²) in [6, 6.07) is 0. The van der Waals surface area contributed by atoms with E-state index in [0.29, 0.717) is 5.54 Å². The normalized spacial score (nSPS) is 11.6. The highest BCUT2D eigenvalue weighted by Crippen LogP contribution is 2.25. The highest BCUT2D eigenvalue weighted by atomic mass is 15.0. The third-order valence-corrected chi connectivity index (χ3v) is 2.81. The minimum atomic E-state index is 0.381. The van der Waals surface area contributed by atoms with Crippen molar-refractivity contribution in [2.75, 3.05) is 6.54 Å². The summed E-state index contributed by atoms with van der Waals surface area (Å²) in [4.78, 5) is 0. The number of hydrogen-bond donors (Lipinski definition) is 1. The molecule has 0 aromatic heterocycles. The van der Waals surface area contributed by atoms with Crippen molar-refractivity contribution in [3.8, 4) is 0 Å². The first-order chi connectivity index (χ1) is 6.74. The molecule has 0 saturated heterocycles. The quantitative estimate of drug-likeness (QED) is 0.553. The van der Waals surface area contributed by atoms with E-state index in [9.17, 15) is 0 Å². The molecule has 84 valence electrons. The zero-order valence-electron chi connectivity index (χ0n) is 10.2. The summed E-state index contributed by atoms with van der Waals surface area (Å²) >= 11 is 0. The summed E-state index contributed by atoms with van der Waals surface area (Å²) in [7, 11) is 0. The monoisotopic (exact) mass is 197 g/mol. The Kier molecular flexibility index (Phi) is 7.87. The molecule has 1 heteroatoms. The molecule has 0 bridgehead atoms. The third-order valence-electron chi connectivity index (χ3n) is 2.81. The standard InChI is InChI=1S/C13H27N/c1-5-9-13(10-6-2,11-7-3)14-12-8-4/h8,14H,4-7,9-12H2,1-3H3. The van der Waals surface area contributed by atoms with Gasteiger partial charge in [-0.25, -0.2) is 0 Å². The van der Waals surface area contributed by atoms with Crippen LogP contribution < -0.4 is 5.32 Å². The molecule has 0 heterocycles. The Labute approximate surface area is 90.0 Å². The van der Waals surface area contributed by atoms with Gasteiger partial charge in [0.25, 0.3) is 0 Å². The Bertz CT molecular complexity index is 123. The molecule has 0 aromatic rings. The van der Waals surface area contributed by atoms with E-state index in [1.165, 1.54) is 38.5 Å². The summed E-state index contributed by atoms with van der Waals surface area (Å²) in [6.45, 7) is 11.5. The maximum absolute atomic E-state index is 3.78. The van der Waals surface area contributed by atoms with Crippen molar-refractivity contribution in [1.82, 2.24) is 5.32 Å². The molecule has 0 spiro atoms. The number of rotatable bonds is 9. The van der Waals surface area contributed by atoms with E-state index in [1.54, 1.807) is 0 Å². The summed E-state index contributed by atoms with van der Waals surface area (Å²) < 4.78 is 0. The van der Waals surface area contributed by atoms with Gasteiger partial charge in [0.1, 0.15) is 0 Å². The highest BCUT2D eigenvalue weighted by Gasteiger charge is 2.25. The lowest BCUT2D eigenvalue weighted by molar-refractivity contribution is 0.263. The van der Waals surface area contributed by atoms with Crippen LogP contribution in [-0.2, 0) is 0 Å². The zero-order chi connectivity index (χ0) is 10.9. The van der Waals surface area contributed by atoms with Gasteiger partial charge in [0.05, 0.1) is 0 Å². The smallest absolute Gasteiger partial charge is 0.0184 e. The molecular weight excluding hydrogens is 170 g/mol. The van der Waals surface area contributed by atoms with Crippen LogP contribution in [0, 0.1) is 0 Å². The van der Waals surface area contributed by atoms with Crippen molar-refractivity contribution in [3.05, 3.63) is 12.7 Å². The average molecular weight is 197 g/mol. The van der Waals surface area contributed by atoms with Gasteiger partial charge in [0.15, 0.2) is 0 Å². The van der Waals surface area contributed by atoms with Crippen LogP contribution >= 0.6 is 0 Å². The van der Waals surface area contributed by atoms with Gasteiger partial charge in [-0.15, -0.1) is 6.58 Å². The summed E-state index contributed by atoms with van der Waals surface area (Å²) in [5.74, 6) is 0. The van der Waals surface area contributed by atoms with Gasteiger partial charge < -0.3 is 5.32 Å². The van der Waals surface area contributed by atoms with Gasteiger partial charge in [-0.1, -0.05) is 46.1 Å². The second-order valence-electron chi connectivity index (χ2n) is 4.20. The van der Waals surface area contributed by atoms with E-state index in [4.69, 9.17) is 0 Å². The predicted molar refractivity (Wildman–Crippen MR) is 65.7 cm³/mol. The Hall–Kier alpha value is -0.300. The largest absolute Gasteiger partial charge is 0.308 e. The highest BCUT2D eigenvalue weighted by molar-refractivity contribution is 4.89. The fourth-order valence-corrected chi connectivity index (χ4v) is 2.36. The van der Waals surface area contributed by atoms with Crippen LogP contribution in [0.2, 0.25) is 0 Å². The molecule has 0 radical (unpaired) electrons. The molecular formula is C13H27N. The van der Waals surface area contributed by atoms with Crippen LogP contribution in [0.5, 0.6) is 0 Å². The van der Waals surface area contributed by atoms with Crippen molar-refractivity contribution in [2.45, 2.75) is 64.8 Å². The fraction of sp³-hybridized carbons (Fsp3) is 0.846. The van der Waals surface area contributed by atoms with Gasteiger partial charge in [-0.05, 0) is 19.3 Å². The molecule has 1 nitrogen and oxygen atoms in total. The second-order valence-corrected chi connectivity index (χ2v) is 4.20. The number of hydrogen-bond acceptors (Lipinski definition) is 1. The predicted octanol–water partition coefficient (Wildman–Crippen LogP) is 3.90. The molecule has 0 fully saturated rings. The minimum Gasteiger partial charge on any atom is -0.308 e. The molecule has 0 unspecified atom stereocenters. The van der Waals surface area contributed by atoms with Crippen molar-refractivity contribution in [1.29, 1.82) is 0 Å². The summed E-state index contributed by atoms with van der Waals surface area (Å²) in [6.07, 6.45) is 9.65. The molecule has 14 heavy (non-hydrogen) atoms. The topological polar surface area (TPSA) is 12.0 Å². The summed E-state index contributed by atoms with van der Waals surface area (Å²) in [5, 5.41) is 3.67. The van der Waals surface area contributed by atoms with Crippen molar-refractivity contribution in [2.24, 2.45) is 0 Å². The first-order valence-corrected chi connectivity index (χ1v) is 6.10. The SMILES string of the molecule is C=CCNC(CCC)(CCC)CCC. The van der Waals surface area contributed by atoms with Gasteiger partial charge in [-0.3, -0.25) is 0 Å². The van der Waals surface area contributed by atoms with Crippen LogP contribution in [0.25, 0.3) is 0 Å². The molecule has 0 amide bonds. The van der Waals surface area contributed by atoms with E-state index in [-0.39, 0.29) is 0 Å². The minimum absolute atomic E-state index is 0.381. The van der Waals surface area contributed by atoms with Gasteiger partial charge in [0.2, 0.25) is 0 Å². The summed E-state index contributed by atoms with van der Waals surface area (Å²) in [5.41, 5.74) is 0.381. The first-order valence-electron chi connectivity index (χ1n) is 6.10. The Morgan fingerprint density at radius 2 is 1.43 bits per heavy atom. The van der Waals surface area contributed by atoms with Crippen molar-refractivity contribution in [3.63, 3.8) is 0 Å². The molecule has 0 aromatic carbocycles. The second kappa shape index (κ2) is 8.05. The number of nitrogens with one attached hydrogen (secondary N) is 1. The van der Waals surface area contributed by atoms with Crippen LogP contribution in [-0.4, -0.2) is 12.1 Å². The van der Waals surface area contributed by atoms with Crippen LogP contribution in [0.4, 0.5) is 0 Å². The maximum atomic E-state index is 3.78. The molecule has 0 aliphatic heterocycles. The average Bonchev–Trinajstić information content (AvgIpc) is 2.16. The van der Waals surface area contributed by atoms with Gasteiger partial charge >= 0.3 is 0 Å². The zero-order valence-corrected chi connectivity index (χ0v) is 10.2. The lowest BCUT2D eigenvalue weighted by Crippen LogP contribution is -2.45. The van der Waals surface area contributed by atoms with Crippen LogP contribution in [0.15, 0.2) is 12.7 Å². The van der Waals surface area contributed by atoms with Crippen molar-refractivity contribution >= 4 is 0 Å². The molecule has 0 aliphatic rings. The fourth-order valence-electron chi connectivity index (χ4n) is 2.36. The van der Waals surface area contributed by atoms with Gasteiger partial charge in [0, 0.05) is 12.1 Å². The lowest BCUT2D eigenvalue weighted by Gasteiger charge is -2.34. The lowest BCUT2D eigenvalue weighted by atomic mass is 9.84. The Balaban J connectivity index is 4.28. The molecule has 0 atom stereocenters.